The van der Waals surface area contributed by atoms with Gasteiger partial charge in [0.25, 0.3) is 0 Å². The van der Waals surface area contributed by atoms with E-state index in [9.17, 15) is 0 Å². The summed E-state index contributed by atoms with van der Waals surface area (Å²) in [6.07, 6.45) is 7.05. The van der Waals surface area contributed by atoms with Gasteiger partial charge >= 0.3 is 0 Å². The molecule has 0 saturated carbocycles. The third kappa shape index (κ3) is 3.53. The first-order valence-corrected chi connectivity index (χ1v) is 8.82. The number of benzene rings is 1. The van der Waals surface area contributed by atoms with Crippen LogP contribution in [0.1, 0.15) is 30.7 Å². The van der Waals surface area contributed by atoms with Crippen molar-refractivity contribution in [2.75, 3.05) is 19.8 Å². The highest BCUT2D eigenvalue weighted by Crippen LogP contribution is 2.32. The lowest BCUT2D eigenvalue weighted by atomic mass is 9.90. The Bertz CT molecular complexity index is 650. The van der Waals surface area contributed by atoms with Crippen molar-refractivity contribution in [2.45, 2.75) is 44.0 Å². The first-order valence-electron chi connectivity index (χ1n) is 8.82. The fraction of sp³-hybridized carbons (Fsp3) is 0.526. The fourth-order valence-electron chi connectivity index (χ4n) is 3.73. The average Bonchev–Trinajstić information content (AvgIpc) is 3.24. The van der Waals surface area contributed by atoms with Crippen molar-refractivity contribution in [1.29, 1.82) is 0 Å². The molecule has 1 N–H and O–H groups in total. The molecule has 2 aliphatic rings. The average molecular weight is 327 g/mol. The van der Waals surface area contributed by atoms with Gasteiger partial charge in [-0.25, -0.2) is 4.98 Å². The fourth-order valence-corrected chi connectivity index (χ4v) is 3.73. The normalized spacial score (nSPS) is 26.9. The zero-order valence-corrected chi connectivity index (χ0v) is 14.0. The Morgan fingerprint density at radius 2 is 2.17 bits per heavy atom. The van der Waals surface area contributed by atoms with Crippen LogP contribution in [0.3, 0.4) is 0 Å². The number of nitrogens with one attached hydrogen (secondary N) is 1. The van der Waals surface area contributed by atoms with Gasteiger partial charge in [-0.15, -0.1) is 0 Å². The van der Waals surface area contributed by atoms with Crippen LogP contribution >= 0.6 is 0 Å². The van der Waals surface area contributed by atoms with Gasteiger partial charge in [0.1, 0.15) is 5.82 Å². The summed E-state index contributed by atoms with van der Waals surface area (Å²) >= 11 is 0. The molecule has 3 heterocycles. The van der Waals surface area contributed by atoms with Crippen LogP contribution in [-0.4, -0.2) is 41.0 Å². The molecule has 1 aromatic heterocycles. The Kier molecular flexibility index (Phi) is 4.65. The smallest absolute Gasteiger partial charge is 0.122 e. The van der Waals surface area contributed by atoms with E-state index in [1.54, 1.807) is 0 Å². The lowest BCUT2D eigenvalue weighted by Gasteiger charge is -2.37. The number of rotatable bonds is 5. The third-order valence-corrected chi connectivity index (χ3v) is 5.11. The molecule has 2 fully saturated rings. The van der Waals surface area contributed by atoms with Crippen molar-refractivity contribution in [2.24, 2.45) is 0 Å². The molecule has 0 amide bonds. The number of hydrogen-bond acceptors (Lipinski definition) is 4. The molecule has 0 bridgehead atoms. The summed E-state index contributed by atoms with van der Waals surface area (Å²) in [5.74, 6) is 1.09. The van der Waals surface area contributed by atoms with Crippen LogP contribution in [0, 0.1) is 0 Å². The van der Waals surface area contributed by atoms with Crippen LogP contribution in [0.4, 0.5) is 0 Å². The number of nitrogens with zero attached hydrogens (tertiary/aromatic N) is 2. The first-order chi connectivity index (χ1) is 11.8. The maximum absolute atomic E-state index is 6.01. The molecule has 5 nitrogen and oxygen atoms in total. The number of hydrogen-bond donors (Lipinski definition) is 1. The van der Waals surface area contributed by atoms with Crippen molar-refractivity contribution >= 4 is 0 Å². The summed E-state index contributed by atoms with van der Waals surface area (Å²) in [6, 6.07) is 11.0. The van der Waals surface area contributed by atoms with E-state index in [1.807, 2.05) is 12.3 Å². The lowest BCUT2D eigenvalue weighted by molar-refractivity contribution is -0.0895. The molecule has 2 aliphatic heterocycles. The molecule has 24 heavy (non-hydrogen) atoms. The van der Waals surface area contributed by atoms with Gasteiger partial charge in [-0.3, -0.25) is 0 Å². The van der Waals surface area contributed by atoms with E-state index in [4.69, 9.17) is 9.47 Å². The summed E-state index contributed by atoms with van der Waals surface area (Å²) in [5.41, 5.74) is 1.25. The maximum atomic E-state index is 6.01. The summed E-state index contributed by atoms with van der Waals surface area (Å²) in [5, 5.41) is 3.68. The van der Waals surface area contributed by atoms with Gasteiger partial charge in [0.15, 0.2) is 0 Å². The zero-order valence-electron chi connectivity index (χ0n) is 14.0. The summed E-state index contributed by atoms with van der Waals surface area (Å²) in [6.45, 7) is 4.05. The molecule has 4 rings (SSSR count). The molecule has 5 heteroatoms. The SMILES string of the molecule is c1ccc(Cn2ccnc2CN[C@@H]2CCO[C@@]3(CCOC3)C2)cc1. The molecule has 2 aromatic rings. The van der Waals surface area contributed by atoms with Crippen molar-refractivity contribution in [3.05, 3.63) is 54.1 Å². The minimum Gasteiger partial charge on any atom is -0.378 e. The van der Waals surface area contributed by atoms with E-state index in [1.165, 1.54) is 5.56 Å². The van der Waals surface area contributed by atoms with E-state index in [-0.39, 0.29) is 5.60 Å². The van der Waals surface area contributed by atoms with E-state index < -0.39 is 0 Å². The third-order valence-electron chi connectivity index (χ3n) is 5.11. The van der Waals surface area contributed by atoms with Gasteiger partial charge in [-0.2, -0.15) is 0 Å². The summed E-state index contributed by atoms with van der Waals surface area (Å²) in [4.78, 5) is 4.53. The number of imidazole rings is 1. The Morgan fingerprint density at radius 3 is 3.00 bits per heavy atom. The Hall–Kier alpha value is -1.69. The zero-order chi connectivity index (χ0) is 16.2. The van der Waals surface area contributed by atoms with Gasteiger partial charge in [-0.05, 0) is 18.4 Å². The molecule has 2 atom stereocenters. The standard InChI is InChI=1S/C19H25N3O2/c1-2-4-16(5-3-1)14-22-9-8-20-18(22)13-21-17-6-10-24-19(12-17)7-11-23-15-19/h1-5,8-9,17,21H,6-7,10-15H2/t17-,19+/m1/s1. The van der Waals surface area contributed by atoms with Crippen LogP contribution in [0.15, 0.2) is 42.7 Å². The highest BCUT2D eigenvalue weighted by atomic mass is 16.6. The molecule has 1 aromatic carbocycles. The van der Waals surface area contributed by atoms with Crippen molar-refractivity contribution < 1.29 is 9.47 Å². The van der Waals surface area contributed by atoms with Gasteiger partial charge < -0.3 is 19.4 Å². The van der Waals surface area contributed by atoms with Gasteiger partial charge in [-0.1, -0.05) is 30.3 Å². The molecule has 2 saturated heterocycles. The predicted octanol–water partition coefficient (Wildman–Crippen LogP) is 2.36. The van der Waals surface area contributed by atoms with Crippen LogP contribution in [0.25, 0.3) is 0 Å². The second kappa shape index (κ2) is 7.05. The van der Waals surface area contributed by atoms with Crippen LogP contribution < -0.4 is 5.32 Å². The Morgan fingerprint density at radius 1 is 1.25 bits per heavy atom. The van der Waals surface area contributed by atoms with E-state index >= 15 is 0 Å². The van der Waals surface area contributed by atoms with Crippen LogP contribution in [0.5, 0.6) is 0 Å². The molecule has 0 aliphatic carbocycles. The largest absolute Gasteiger partial charge is 0.378 e. The Balaban J connectivity index is 1.35. The van der Waals surface area contributed by atoms with Gasteiger partial charge in [0.05, 0.1) is 18.8 Å². The Labute approximate surface area is 143 Å². The van der Waals surface area contributed by atoms with Gasteiger partial charge in [0, 0.05) is 44.6 Å². The van der Waals surface area contributed by atoms with E-state index in [2.05, 4.69) is 45.3 Å². The molecule has 0 unspecified atom stereocenters. The highest BCUT2D eigenvalue weighted by Gasteiger charge is 2.40. The topological polar surface area (TPSA) is 48.3 Å². The first kappa shape index (κ1) is 15.8. The summed E-state index contributed by atoms with van der Waals surface area (Å²) < 4.78 is 13.8. The van der Waals surface area contributed by atoms with Crippen molar-refractivity contribution in [3.63, 3.8) is 0 Å². The minimum atomic E-state index is -0.0463. The monoisotopic (exact) mass is 327 g/mol. The van der Waals surface area contributed by atoms with E-state index in [0.29, 0.717) is 6.04 Å². The predicted molar refractivity (Wildman–Crippen MR) is 91.8 cm³/mol. The number of aromatic nitrogens is 2. The maximum Gasteiger partial charge on any atom is 0.122 e. The lowest BCUT2D eigenvalue weighted by Crippen LogP contribution is -2.47. The number of ether oxygens (including phenoxy) is 2. The highest BCUT2D eigenvalue weighted by molar-refractivity contribution is 5.15. The van der Waals surface area contributed by atoms with Crippen molar-refractivity contribution in [1.82, 2.24) is 14.9 Å². The van der Waals surface area contributed by atoms with Crippen LogP contribution in [-0.2, 0) is 22.6 Å². The van der Waals surface area contributed by atoms with Crippen LogP contribution in [0.2, 0.25) is 0 Å². The van der Waals surface area contributed by atoms with Gasteiger partial charge in [0.2, 0.25) is 0 Å². The summed E-state index contributed by atoms with van der Waals surface area (Å²) in [7, 11) is 0. The van der Waals surface area contributed by atoms with Crippen molar-refractivity contribution in [3.8, 4) is 0 Å². The molecule has 0 radical (unpaired) electrons. The molecular formula is C19H25N3O2. The minimum absolute atomic E-state index is 0.0463. The molecule has 1 spiro atoms. The molecular weight excluding hydrogens is 302 g/mol. The second-order valence-corrected chi connectivity index (χ2v) is 6.86. The second-order valence-electron chi connectivity index (χ2n) is 6.86. The molecule has 128 valence electrons. The van der Waals surface area contributed by atoms with E-state index in [0.717, 1.165) is 58.0 Å². The quantitative estimate of drug-likeness (QED) is 0.916.